The molecule has 1 saturated heterocycles. The second-order valence-corrected chi connectivity index (χ2v) is 9.79. The molecule has 2 amide bonds. The minimum Gasteiger partial charge on any atom is -0.384 e. The summed E-state index contributed by atoms with van der Waals surface area (Å²) in [6, 6.07) is 18.7. The van der Waals surface area contributed by atoms with Gasteiger partial charge in [-0.3, -0.25) is 25.1 Å². The van der Waals surface area contributed by atoms with E-state index < -0.39 is 4.92 Å². The molecule has 11 heteroatoms. The second-order valence-electron chi connectivity index (χ2n) is 9.79. The normalized spacial score (nSPS) is 13.4. The van der Waals surface area contributed by atoms with Crippen molar-refractivity contribution < 1.29 is 14.5 Å². The fraction of sp³-hybridized carbons (Fsp3) is 0.241. The SMILES string of the molecule is Cn1c(CCc2ccc(C(=N)N)cc2)nc2cc(C(=O)N3CCN(C(=O)c4ccc([N+](=O)[O-])cc4)CC3)ccc21. The third-order valence-electron chi connectivity index (χ3n) is 7.30. The molecule has 3 N–H and O–H groups in total. The number of nitrogens with zero attached hydrogens (tertiary/aromatic N) is 5. The van der Waals surface area contributed by atoms with Gasteiger partial charge in [-0.05, 0) is 42.3 Å². The summed E-state index contributed by atoms with van der Waals surface area (Å²) in [6.45, 7) is 1.55. The number of amidine groups is 1. The molecule has 0 unspecified atom stereocenters. The number of rotatable bonds is 7. The summed E-state index contributed by atoms with van der Waals surface area (Å²) >= 11 is 0. The molecule has 1 fully saturated rings. The molecule has 2 heterocycles. The third kappa shape index (κ3) is 5.39. The van der Waals surface area contributed by atoms with E-state index in [0.717, 1.165) is 35.3 Å². The van der Waals surface area contributed by atoms with Gasteiger partial charge in [-0.25, -0.2) is 4.98 Å². The first-order chi connectivity index (χ1) is 19.2. The molecule has 0 spiro atoms. The number of aryl methyl sites for hydroxylation is 3. The molecule has 0 radical (unpaired) electrons. The molecule has 4 aromatic rings. The van der Waals surface area contributed by atoms with Gasteiger partial charge in [0.25, 0.3) is 17.5 Å². The lowest BCUT2D eigenvalue weighted by Gasteiger charge is -2.34. The zero-order valence-electron chi connectivity index (χ0n) is 22.0. The van der Waals surface area contributed by atoms with Crippen LogP contribution in [-0.2, 0) is 19.9 Å². The Labute approximate surface area is 230 Å². The number of hydrogen-bond donors (Lipinski definition) is 2. The summed E-state index contributed by atoms with van der Waals surface area (Å²) < 4.78 is 2.04. The Morgan fingerprint density at radius 3 is 2.00 bits per heavy atom. The molecule has 5 rings (SSSR count). The number of fused-ring (bicyclic) bond motifs is 1. The van der Waals surface area contributed by atoms with E-state index in [1.807, 2.05) is 54.1 Å². The van der Waals surface area contributed by atoms with Crippen LogP contribution >= 0.6 is 0 Å². The fourth-order valence-electron chi connectivity index (χ4n) is 4.92. The molecule has 1 aliphatic heterocycles. The average molecular weight is 540 g/mol. The topological polar surface area (TPSA) is 151 Å². The van der Waals surface area contributed by atoms with Gasteiger partial charge in [0.2, 0.25) is 0 Å². The maximum absolute atomic E-state index is 13.3. The van der Waals surface area contributed by atoms with Crippen molar-refractivity contribution in [1.82, 2.24) is 19.4 Å². The Hall–Kier alpha value is -5.06. The zero-order chi connectivity index (χ0) is 28.4. The number of carbonyl (C=O) groups is 2. The van der Waals surface area contributed by atoms with Crippen LogP contribution in [0.4, 0.5) is 5.69 Å². The summed E-state index contributed by atoms with van der Waals surface area (Å²) in [7, 11) is 1.96. The molecule has 40 heavy (non-hydrogen) atoms. The van der Waals surface area contributed by atoms with Crippen LogP contribution in [0.3, 0.4) is 0 Å². The smallest absolute Gasteiger partial charge is 0.269 e. The first-order valence-electron chi connectivity index (χ1n) is 12.9. The number of amides is 2. The molecule has 0 atom stereocenters. The molecule has 0 aliphatic carbocycles. The molecule has 204 valence electrons. The lowest BCUT2D eigenvalue weighted by atomic mass is 10.1. The molecule has 11 nitrogen and oxygen atoms in total. The van der Waals surface area contributed by atoms with Gasteiger partial charge >= 0.3 is 0 Å². The number of non-ortho nitro benzene ring substituents is 1. The Morgan fingerprint density at radius 2 is 1.43 bits per heavy atom. The second kappa shape index (κ2) is 11.0. The first kappa shape index (κ1) is 26.5. The lowest BCUT2D eigenvalue weighted by molar-refractivity contribution is -0.384. The van der Waals surface area contributed by atoms with Crippen molar-refractivity contribution in [1.29, 1.82) is 5.41 Å². The Kier molecular flexibility index (Phi) is 7.28. The highest BCUT2D eigenvalue weighted by molar-refractivity contribution is 5.98. The molecule has 3 aromatic carbocycles. The van der Waals surface area contributed by atoms with Crippen molar-refractivity contribution in [2.45, 2.75) is 12.8 Å². The predicted octanol–water partition coefficient (Wildman–Crippen LogP) is 3.15. The van der Waals surface area contributed by atoms with Crippen molar-refractivity contribution in [2.75, 3.05) is 26.2 Å². The number of aromatic nitrogens is 2. The van der Waals surface area contributed by atoms with E-state index in [1.165, 1.54) is 24.3 Å². The van der Waals surface area contributed by atoms with Gasteiger partial charge in [-0.1, -0.05) is 24.3 Å². The van der Waals surface area contributed by atoms with Gasteiger partial charge < -0.3 is 20.1 Å². The van der Waals surface area contributed by atoms with Gasteiger partial charge in [-0.2, -0.15) is 0 Å². The van der Waals surface area contributed by atoms with Crippen LogP contribution in [0, 0.1) is 15.5 Å². The van der Waals surface area contributed by atoms with E-state index in [2.05, 4.69) is 0 Å². The highest BCUT2D eigenvalue weighted by atomic mass is 16.6. The Bertz CT molecular complexity index is 1600. The molecule has 1 aliphatic rings. The minimum atomic E-state index is -0.501. The van der Waals surface area contributed by atoms with Crippen LogP contribution < -0.4 is 5.73 Å². The van der Waals surface area contributed by atoms with Gasteiger partial charge in [0.15, 0.2) is 0 Å². The van der Waals surface area contributed by atoms with E-state index in [9.17, 15) is 19.7 Å². The molecule has 0 bridgehead atoms. The monoisotopic (exact) mass is 539 g/mol. The summed E-state index contributed by atoms with van der Waals surface area (Å²) in [5.41, 5.74) is 9.92. The number of piperazine rings is 1. The van der Waals surface area contributed by atoms with E-state index in [4.69, 9.17) is 16.1 Å². The summed E-state index contributed by atoms with van der Waals surface area (Å²) in [5.74, 6) is 0.639. The number of benzene rings is 3. The largest absolute Gasteiger partial charge is 0.384 e. The van der Waals surface area contributed by atoms with Crippen molar-refractivity contribution in [3.63, 3.8) is 0 Å². The quantitative estimate of drug-likeness (QED) is 0.159. The minimum absolute atomic E-state index is 0.0462. The number of nitro benzene ring substituents is 1. The van der Waals surface area contributed by atoms with Gasteiger partial charge in [0.05, 0.1) is 16.0 Å². The van der Waals surface area contributed by atoms with Crippen LogP contribution in [-0.4, -0.2) is 68.1 Å². The van der Waals surface area contributed by atoms with E-state index in [0.29, 0.717) is 42.9 Å². The van der Waals surface area contributed by atoms with Crippen LogP contribution in [0.2, 0.25) is 0 Å². The highest BCUT2D eigenvalue weighted by Crippen LogP contribution is 2.21. The number of hydrogen-bond acceptors (Lipinski definition) is 6. The van der Waals surface area contributed by atoms with Crippen LogP contribution in [0.5, 0.6) is 0 Å². The number of nitrogens with one attached hydrogen (secondary N) is 1. The standard InChI is InChI=1S/C29H29N7O4/c1-33-25-12-9-22(18-24(25)32-26(33)13-4-19-2-5-20(6-3-19)27(30)31)29(38)35-16-14-34(15-17-35)28(37)21-7-10-23(11-8-21)36(39)40/h2-3,5-12,18H,4,13-17H2,1H3,(H3,30,31). The summed E-state index contributed by atoms with van der Waals surface area (Å²) in [6.07, 6.45) is 1.50. The first-order valence-corrected chi connectivity index (χ1v) is 12.9. The van der Waals surface area contributed by atoms with Crippen LogP contribution in [0.1, 0.15) is 37.7 Å². The van der Waals surface area contributed by atoms with E-state index >= 15 is 0 Å². The molecular formula is C29H29N7O4. The van der Waals surface area contributed by atoms with Gasteiger partial charge in [0.1, 0.15) is 11.7 Å². The number of carbonyl (C=O) groups excluding carboxylic acids is 2. The van der Waals surface area contributed by atoms with Crippen molar-refractivity contribution in [2.24, 2.45) is 12.8 Å². The number of nitrogen functional groups attached to an aromatic ring is 1. The van der Waals surface area contributed by atoms with E-state index in [-0.39, 0.29) is 23.3 Å². The number of imidazole rings is 1. The third-order valence-corrected chi connectivity index (χ3v) is 7.30. The van der Waals surface area contributed by atoms with E-state index in [1.54, 1.807) is 9.80 Å². The predicted molar refractivity (Wildman–Crippen MR) is 150 cm³/mol. The number of nitrogens with two attached hydrogens (primary N) is 1. The van der Waals surface area contributed by atoms with Crippen molar-refractivity contribution in [3.8, 4) is 0 Å². The molecular weight excluding hydrogens is 510 g/mol. The molecule has 1 aromatic heterocycles. The maximum atomic E-state index is 13.3. The lowest BCUT2D eigenvalue weighted by Crippen LogP contribution is -2.50. The van der Waals surface area contributed by atoms with Gasteiger partial charge in [0, 0.05) is 68.5 Å². The Morgan fingerprint density at radius 1 is 0.875 bits per heavy atom. The van der Waals surface area contributed by atoms with Gasteiger partial charge in [-0.15, -0.1) is 0 Å². The van der Waals surface area contributed by atoms with Crippen molar-refractivity contribution in [3.05, 3.63) is 105 Å². The fourth-order valence-corrected chi connectivity index (χ4v) is 4.92. The number of nitro groups is 1. The van der Waals surface area contributed by atoms with Crippen LogP contribution in [0.25, 0.3) is 11.0 Å². The highest BCUT2D eigenvalue weighted by Gasteiger charge is 2.26. The zero-order valence-corrected chi connectivity index (χ0v) is 22.0. The molecule has 0 saturated carbocycles. The summed E-state index contributed by atoms with van der Waals surface area (Å²) in [4.78, 5) is 44.6. The maximum Gasteiger partial charge on any atom is 0.269 e. The van der Waals surface area contributed by atoms with Crippen LogP contribution in [0.15, 0.2) is 66.7 Å². The summed E-state index contributed by atoms with van der Waals surface area (Å²) in [5, 5.41) is 18.4. The Balaban J connectivity index is 1.21. The average Bonchev–Trinajstić information content (AvgIpc) is 3.30. The van der Waals surface area contributed by atoms with Crippen molar-refractivity contribution >= 4 is 34.4 Å².